The number of carbonyl (C=O) groups is 1. The molecule has 1 aliphatic rings. The highest BCUT2D eigenvalue weighted by atomic mass is 35.5. The van der Waals surface area contributed by atoms with E-state index in [0.717, 1.165) is 5.56 Å². The number of carboxylic acids is 1. The number of nitrogens with zero attached hydrogens (tertiary/aromatic N) is 1. The van der Waals surface area contributed by atoms with E-state index in [9.17, 15) is 9.90 Å². The normalized spacial score (nSPS) is 17.2. The van der Waals surface area contributed by atoms with Gasteiger partial charge >= 0.3 is 5.97 Å². The fourth-order valence-electron chi connectivity index (χ4n) is 2.45. The summed E-state index contributed by atoms with van der Waals surface area (Å²) in [6.45, 7) is 5.25. The molecule has 1 N–H and O–H groups in total. The molecule has 3 nitrogen and oxygen atoms in total. The summed E-state index contributed by atoms with van der Waals surface area (Å²) in [7, 11) is 0. The minimum atomic E-state index is -0.751. The van der Waals surface area contributed by atoms with Crippen LogP contribution in [0.4, 0.5) is 0 Å². The number of fused-ring (bicyclic) bond motifs is 1. The van der Waals surface area contributed by atoms with Crippen LogP contribution in [0.1, 0.15) is 25.0 Å². The zero-order valence-electron chi connectivity index (χ0n) is 9.98. The number of hydrogen-bond acceptors (Lipinski definition) is 2. The van der Waals surface area contributed by atoms with Crippen molar-refractivity contribution in [2.45, 2.75) is 33.0 Å². The van der Waals surface area contributed by atoms with Gasteiger partial charge in [0.1, 0.15) is 6.04 Å². The summed E-state index contributed by atoms with van der Waals surface area (Å²) in [6.07, 6.45) is 0. The van der Waals surface area contributed by atoms with Crippen molar-refractivity contribution >= 4 is 17.6 Å². The molecule has 4 heteroatoms. The lowest BCUT2D eigenvalue weighted by molar-refractivity contribution is -0.145. The zero-order valence-corrected chi connectivity index (χ0v) is 10.7. The smallest absolute Gasteiger partial charge is 0.321 e. The molecule has 2 rings (SSSR count). The van der Waals surface area contributed by atoms with Crippen LogP contribution in [-0.4, -0.2) is 22.0 Å². The Morgan fingerprint density at radius 3 is 2.59 bits per heavy atom. The zero-order chi connectivity index (χ0) is 12.6. The fourth-order valence-corrected chi connectivity index (χ4v) is 2.64. The summed E-state index contributed by atoms with van der Waals surface area (Å²) < 4.78 is 0. The van der Waals surface area contributed by atoms with Crippen molar-refractivity contribution in [3.63, 3.8) is 0 Å². The Morgan fingerprint density at radius 1 is 1.35 bits per heavy atom. The van der Waals surface area contributed by atoms with Crippen molar-refractivity contribution in [1.29, 1.82) is 0 Å². The Bertz CT molecular complexity index is 445. The summed E-state index contributed by atoms with van der Waals surface area (Å²) in [5.74, 6) is -0.656. The van der Waals surface area contributed by atoms with Crippen LogP contribution in [0.2, 0.25) is 5.02 Å². The average molecular weight is 254 g/mol. The minimum Gasteiger partial charge on any atom is -0.480 e. The molecule has 0 saturated carbocycles. The van der Waals surface area contributed by atoms with E-state index in [-0.39, 0.29) is 5.92 Å². The van der Waals surface area contributed by atoms with Crippen molar-refractivity contribution in [3.05, 3.63) is 34.3 Å². The van der Waals surface area contributed by atoms with Crippen LogP contribution in [0.25, 0.3) is 0 Å². The van der Waals surface area contributed by atoms with Gasteiger partial charge in [-0.1, -0.05) is 31.5 Å². The summed E-state index contributed by atoms with van der Waals surface area (Å²) in [5.41, 5.74) is 2.32. The first-order valence-corrected chi connectivity index (χ1v) is 6.11. The van der Waals surface area contributed by atoms with Gasteiger partial charge in [-0.15, -0.1) is 0 Å². The van der Waals surface area contributed by atoms with E-state index in [1.807, 2.05) is 36.9 Å². The molecule has 0 fully saturated rings. The van der Waals surface area contributed by atoms with Gasteiger partial charge in [0.05, 0.1) is 0 Å². The lowest BCUT2D eigenvalue weighted by atomic mass is 10.0. The number of aliphatic carboxylic acids is 1. The Labute approximate surface area is 106 Å². The number of hydrogen-bond donors (Lipinski definition) is 1. The molecule has 1 heterocycles. The second-order valence-electron chi connectivity index (χ2n) is 4.85. The van der Waals surface area contributed by atoms with Gasteiger partial charge in [-0.05, 0) is 29.2 Å². The molecule has 17 heavy (non-hydrogen) atoms. The van der Waals surface area contributed by atoms with Gasteiger partial charge in [0.15, 0.2) is 0 Å². The molecule has 1 unspecified atom stereocenters. The van der Waals surface area contributed by atoms with E-state index < -0.39 is 12.0 Å². The molecular formula is C13H16ClNO2. The van der Waals surface area contributed by atoms with Gasteiger partial charge in [-0.2, -0.15) is 0 Å². The first kappa shape index (κ1) is 12.4. The van der Waals surface area contributed by atoms with E-state index in [2.05, 4.69) is 0 Å². The lowest BCUT2D eigenvalue weighted by Crippen LogP contribution is -2.41. The Balaban J connectivity index is 2.21. The predicted molar refractivity (Wildman–Crippen MR) is 67.0 cm³/mol. The van der Waals surface area contributed by atoms with Crippen LogP contribution >= 0.6 is 11.6 Å². The number of halogens is 1. The quantitative estimate of drug-likeness (QED) is 0.901. The molecule has 0 saturated heterocycles. The molecule has 0 spiro atoms. The van der Waals surface area contributed by atoms with Gasteiger partial charge in [-0.3, -0.25) is 9.69 Å². The number of benzene rings is 1. The van der Waals surface area contributed by atoms with Crippen LogP contribution in [0.15, 0.2) is 18.2 Å². The van der Waals surface area contributed by atoms with E-state index in [4.69, 9.17) is 11.6 Å². The summed E-state index contributed by atoms with van der Waals surface area (Å²) in [6, 6.07) is 5.34. The maximum absolute atomic E-state index is 11.3. The Morgan fingerprint density at radius 2 is 2.00 bits per heavy atom. The maximum Gasteiger partial charge on any atom is 0.321 e. The van der Waals surface area contributed by atoms with Gasteiger partial charge in [0.25, 0.3) is 0 Å². The standard InChI is InChI=1S/C13H16ClNO2/c1-8(2)12(13(16)17)15-6-9-3-4-11(14)5-10(9)7-15/h3-5,8,12H,6-7H2,1-2H3,(H,16,17). The van der Waals surface area contributed by atoms with Crippen LogP contribution in [0, 0.1) is 5.92 Å². The summed E-state index contributed by atoms with van der Waals surface area (Å²) >= 11 is 5.94. The molecule has 1 aromatic rings. The monoisotopic (exact) mass is 253 g/mol. The number of rotatable bonds is 3. The summed E-state index contributed by atoms with van der Waals surface area (Å²) in [4.78, 5) is 13.3. The van der Waals surface area contributed by atoms with Gasteiger partial charge in [0.2, 0.25) is 0 Å². The molecule has 1 aromatic carbocycles. The summed E-state index contributed by atoms with van der Waals surface area (Å²) in [5, 5.41) is 9.98. The average Bonchev–Trinajstić information content (AvgIpc) is 2.58. The molecule has 0 bridgehead atoms. The van der Waals surface area contributed by atoms with Crippen molar-refractivity contribution in [2.24, 2.45) is 5.92 Å². The van der Waals surface area contributed by atoms with E-state index in [0.29, 0.717) is 18.1 Å². The highest BCUT2D eigenvalue weighted by Crippen LogP contribution is 2.29. The third-order valence-corrected chi connectivity index (χ3v) is 3.43. The van der Waals surface area contributed by atoms with Crippen molar-refractivity contribution in [1.82, 2.24) is 4.90 Å². The van der Waals surface area contributed by atoms with Crippen LogP contribution in [-0.2, 0) is 17.9 Å². The lowest BCUT2D eigenvalue weighted by Gasteiger charge is -2.26. The van der Waals surface area contributed by atoms with E-state index >= 15 is 0 Å². The molecule has 1 atom stereocenters. The number of carboxylic acid groups (broad SMARTS) is 1. The molecule has 0 aliphatic carbocycles. The second-order valence-corrected chi connectivity index (χ2v) is 5.28. The largest absolute Gasteiger partial charge is 0.480 e. The third kappa shape index (κ3) is 2.45. The molecule has 0 radical (unpaired) electrons. The highest BCUT2D eigenvalue weighted by Gasteiger charge is 2.32. The van der Waals surface area contributed by atoms with E-state index in [1.165, 1.54) is 5.56 Å². The van der Waals surface area contributed by atoms with Gasteiger partial charge < -0.3 is 5.11 Å². The molecule has 1 aliphatic heterocycles. The Hall–Kier alpha value is -1.06. The van der Waals surface area contributed by atoms with Crippen LogP contribution in [0.3, 0.4) is 0 Å². The second kappa shape index (κ2) is 4.67. The molecule has 0 aromatic heterocycles. The molecule has 0 amide bonds. The fraction of sp³-hybridized carbons (Fsp3) is 0.462. The van der Waals surface area contributed by atoms with Crippen molar-refractivity contribution < 1.29 is 9.90 Å². The van der Waals surface area contributed by atoms with Gasteiger partial charge in [0, 0.05) is 18.1 Å². The maximum atomic E-state index is 11.3. The molecular weight excluding hydrogens is 238 g/mol. The molecule has 92 valence electrons. The third-order valence-electron chi connectivity index (χ3n) is 3.19. The first-order chi connectivity index (χ1) is 7.99. The first-order valence-electron chi connectivity index (χ1n) is 5.73. The van der Waals surface area contributed by atoms with Crippen molar-refractivity contribution in [3.8, 4) is 0 Å². The SMILES string of the molecule is CC(C)C(C(=O)O)N1Cc2ccc(Cl)cc2C1. The van der Waals surface area contributed by atoms with E-state index in [1.54, 1.807) is 0 Å². The van der Waals surface area contributed by atoms with Crippen LogP contribution in [0.5, 0.6) is 0 Å². The topological polar surface area (TPSA) is 40.5 Å². The van der Waals surface area contributed by atoms with Gasteiger partial charge in [-0.25, -0.2) is 0 Å². The predicted octanol–water partition coefficient (Wildman–Crippen LogP) is 2.76. The Kier molecular flexibility index (Phi) is 3.40. The van der Waals surface area contributed by atoms with Crippen LogP contribution < -0.4 is 0 Å². The van der Waals surface area contributed by atoms with Crippen molar-refractivity contribution in [2.75, 3.05) is 0 Å². The minimum absolute atomic E-state index is 0.0947. The highest BCUT2D eigenvalue weighted by molar-refractivity contribution is 6.30.